The van der Waals surface area contributed by atoms with Crippen molar-refractivity contribution >= 4 is 50.5 Å². The van der Waals surface area contributed by atoms with Gasteiger partial charge in [-0.3, -0.25) is 10.1 Å². The number of thioether (sulfide) groups is 1. The molecular formula is C24H22N4O2S3. The Kier molecular flexibility index (Phi) is 7.01. The molecule has 3 heterocycles. The zero-order valence-electron chi connectivity index (χ0n) is 17.8. The first-order valence-electron chi connectivity index (χ1n) is 10.6. The fourth-order valence-corrected chi connectivity index (χ4v) is 6.35. The molecule has 1 amide bonds. The third-order valence-corrected chi connectivity index (χ3v) is 8.39. The third-order valence-electron chi connectivity index (χ3n) is 5.15. The van der Waals surface area contributed by atoms with Crippen LogP contribution in [0.4, 0.5) is 10.1 Å². The molecule has 0 atom stereocenters. The van der Waals surface area contributed by atoms with E-state index in [4.69, 9.17) is 4.74 Å². The second-order valence-electron chi connectivity index (χ2n) is 7.40. The molecule has 0 radical (unpaired) electrons. The number of ether oxygens (including phenoxy) is 1. The van der Waals surface area contributed by atoms with Gasteiger partial charge < -0.3 is 9.64 Å². The van der Waals surface area contributed by atoms with E-state index in [1.807, 2.05) is 42.5 Å². The molecular weight excluding hydrogens is 472 g/mol. The van der Waals surface area contributed by atoms with Gasteiger partial charge in [0.05, 0.1) is 23.1 Å². The van der Waals surface area contributed by atoms with Crippen LogP contribution in [0, 0.1) is 0 Å². The van der Waals surface area contributed by atoms with Gasteiger partial charge in [-0.15, -0.1) is 21.5 Å². The summed E-state index contributed by atoms with van der Waals surface area (Å²) in [7, 11) is 0. The normalized spacial score (nSPS) is 13.8. The van der Waals surface area contributed by atoms with Crippen molar-refractivity contribution in [2.75, 3.05) is 36.5 Å². The van der Waals surface area contributed by atoms with Crippen LogP contribution in [0.5, 0.6) is 0 Å². The van der Waals surface area contributed by atoms with E-state index >= 15 is 0 Å². The molecule has 1 aliphatic rings. The SMILES string of the molecule is O=C(Nc1nnc(SCc2ccccc2)s1)c1cc(-c2ccccc2)c(N2CCOCC2)s1. The van der Waals surface area contributed by atoms with E-state index < -0.39 is 0 Å². The van der Waals surface area contributed by atoms with Crippen molar-refractivity contribution in [3.63, 3.8) is 0 Å². The highest BCUT2D eigenvalue weighted by atomic mass is 32.2. The van der Waals surface area contributed by atoms with E-state index in [-0.39, 0.29) is 5.91 Å². The van der Waals surface area contributed by atoms with Gasteiger partial charge in [0.15, 0.2) is 4.34 Å². The van der Waals surface area contributed by atoms with Crippen molar-refractivity contribution in [3.8, 4) is 11.1 Å². The number of morpholine rings is 1. The Balaban J connectivity index is 1.31. The van der Waals surface area contributed by atoms with Crippen LogP contribution in [0.2, 0.25) is 0 Å². The zero-order chi connectivity index (χ0) is 22.5. The molecule has 1 aliphatic heterocycles. The van der Waals surface area contributed by atoms with Crippen LogP contribution in [0.25, 0.3) is 11.1 Å². The minimum atomic E-state index is -0.160. The second-order valence-corrected chi connectivity index (χ2v) is 10.6. The number of carbonyl (C=O) groups excluding carboxylic acids is 1. The number of amides is 1. The van der Waals surface area contributed by atoms with Gasteiger partial charge in [0.1, 0.15) is 0 Å². The molecule has 0 spiro atoms. The maximum absolute atomic E-state index is 13.1. The predicted octanol–water partition coefficient (Wildman–Crippen LogP) is 5.65. The summed E-state index contributed by atoms with van der Waals surface area (Å²) in [5, 5.41) is 12.9. The molecule has 6 nitrogen and oxygen atoms in total. The van der Waals surface area contributed by atoms with Crippen molar-refractivity contribution in [1.82, 2.24) is 10.2 Å². The first-order chi connectivity index (χ1) is 16.3. The maximum atomic E-state index is 13.1. The molecule has 0 unspecified atom stereocenters. The number of benzene rings is 2. The Morgan fingerprint density at radius 3 is 2.48 bits per heavy atom. The zero-order valence-corrected chi connectivity index (χ0v) is 20.2. The Labute approximate surface area is 204 Å². The van der Waals surface area contributed by atoms with Crippen LogP contribution < -0.4 is 10.2 Å². The molecule has 9 heteroatoms. The van der Waals surface area contributed by atoms with Crippen molar-refractivity contribution in [1.29, 1.82) is 0 Å². The molecule has 1 fully saturated rings. The van der Waals surface area contributed by atoms with Gasteiger partial charge >= 0.3 is 0 Å². The number of hydrogen-bond donors (Lipinski definition) is 1. The van der Waals surface area contributed by atoms with Gasteiger partial charge in [-0.25, -0.2) is 0 Å². The topological polar surface area (TPSA) is 67.4 Å². The number of hydrogen-bond acceptors (Lipinski definition) is 8. The number of carbonyl (C=O) groups is 1. The molecule has 2 aromatic heterocycles. The van der Waals surface area contributed by atoms with Gasteiger partial charge in [0.25, 0.3) is 5.91 Å². The largest absolute Gasteiger partial charge is 0.378 e. The van der Waals surface area contributed by atoms with Gasteiger partial charge in [0, 0.05) is 24.4 Å². The van der Waals surface area contributed by atoms with Gasteiger partial charge in [0.2, 0.25) is 5.13 Å². The lowest BCUT2D eigenvalue weighted by atomic mass is 10.1. The average molecular weight is 495 g/mol. The van der Waals surface area contributed by atoms with Crippen molar-refractivity contribution in [2.45, 2.75) is 10.1 Å². The van der Waals surface area contributed by atoms with E-state index in [9.17, 15) is 4.79 Å². The summed E-state index contributed by atoms with van der Waals surface area (Å²) in [6.07, 6.45) is 0. The van der Waals surface area contributed by atoms with E-state index in [2.05, 4.69) is 44.7 Å². The van der Waals surface area contributed by atoms with Crippen LogP contribution in [-0.4, -0.2) is 42.4 Å². The molecule has 4 aromatic rings. The molecule has 0 saturated carbocycles. The van der Waals surface area contributed by atoms with Gasteiger partial charge in [-0.1, -0.05) is 83.8 Å². The van der Waals surface area contributed by atoms with E-state index in [1.54, 1.807) is 11.8 Å². The summed E-state index contributed by atoms with van der Waals surface area (Å²) in [6.45, 7) is 3.03. The number of nitrogens with one attached hydrogen (secondary N) is 1. The number of anilines is 2. The Bertz CT molecular complexity index is 1200. The molecule has 33 heavy (non-hydrogen) atoms. The smallest absolute Gasteiger partial charge is 0.267 e. The molecule has 1 saturated heterocycles. The number of thiophene rings is 1. The monoisotopic (exact) mass is 494 g/mol. The minimum absolute atomic E-state index is 0.160. The van der Waals surface area contributed by atoms with Crippen LogP contribution in [0.1, 0.15) is 15.2 Å². The standard InChI is InChI=1S/C24H22N4O2S3/c29-21(25-23-26-27-24(33-23)31-16-17-7-3-1-4-8-17)20-15-19(18-9-5-2-6-10-18)22(32-20)28-11-13-30-14-12-28/h1-10,15H,11-14,16H2,(H,25,26,29). The maximum Gasteiger partial charge on any atom is 0.267 e. The summed E-state index contributed by atoms with van der Waals surface area (Å²) in [4.78, 5) is 16.0. The lowest BCUT2D eigenvalue weighted by molar-refractivity contribution is 0.103. The molecule has 1 N–H and O–H groups in total. The summed E-state index contributed by atoms with van der Waals surface area (Å²) in [6, 6.07) is 22.4. The average Bonchev–Trinajstić information content (AvgIpc) is 3.52. The Morgan fingerprint density at radius 2 is 1.73 bits per heavy atom. The number of nitrogens with zero attached hydrogens (tertiary/aromatic N) is 3. The van der Waals surface area contributed by atoms with E-state index in [0.717, 1.165) is 39.3 Å². The van der Waals surface area contributed by atoms with Crippen LogP contribution >= 0.6 is 34.4 Å². The van der Waals surface area contributed by atoms with Crippen LogP contribution in [0.3, 0.4) is 0 Å². The molecule has 0 bridgehead atoms. The fourth-order valence-electron chi connectivity index (χ4n) is 3.52. The van der Waals surface area contributed by atoms with Gasteiger partial charge in [-0.2, -0.15) is 0 Å². The van der Waals surface area contributed by atoms with E-state index in [0.29, 0.717) is 23.2 Å². The molecule has 5 rings (SSSR count). The predicted molar refractivity (Wildman–Crippen MR) is 137 cm³/mol. The lowest BCUT2D eigenvalue weighted by Gasteiger charge is -2.28. The van der Waals surface area contributed by atoms with Crippen molar-refractivity contribution < 1.29 is 9.53 Å². The van der Waals surface area contributed by atoms with Crippen molar-refractivity contribution in [2.24, 2.45) is 0 Å². The van der Waals surface area contributed by atoms with Crippen LogP contribution in [-0.2, 0) is 10.5 Å². The number of aromatic nitrogens is 2. The van der Waals surface area contributed by atoms with Crippen LogP contribution in [0.15, 0.2) is 71.1 Å². The summed E-state index contributed by atoms with van der Waals surface area (Å²) in [5.74, 6) is 0.657. The summed E-state index contributed by atoms with van der Waals surface area (Å²) in [5.41, 5.74) is 3.40. The lowest BCUT2D eigenvalue weighted by Crippen LogP contribution is -2.35. The Morgan fingerprint density at radius 1 is 1.00 bits per heavy atom. The highest BCUT2D eigenvalue weighted by Gasteiger charge is 2.22. The quantitative estimate of drug-likeness (QED) is 0.265. The number of rotatable bonds is 7. The second kappa shape index (κ2) is 10.5. The summed E-state index contributed by atoms with van der Waals surface area (Å²) >= 11 is 4.53. The summed E-state index contributed by atoms with van der Waals surface area (Å²) < 4.78 is 6.35. The first kappa shape index (κ1) is 22.1. The minimum Gasteiger partial charge on any atom is -0.378 e. The molecule has 2 aromatic carbocycles. The third kappa shape index (κ3) is 5.44. The van der Waals surface area contributed by atoms with Gasteiger partial charge in [-0.05, 0) is 17.2 Å². The molecule has 168 valence electrons. The van der Waals surface area contributed by atoms with E-state index in [1.165, 1.54) is 28.2 Å². The highest BCUT2D eigenvalue weighted by Crippen LogP contribution is 2.40. The Hall–Kier alpha value is -2.72. The molecule has 0 aliphatic carbocycles. The first-order valence-corrected chi connectivity index (χ1v) is 13.2. The van der Waals surface area contributed by atoms with Crippen molar-refractivity contribution in [3.05, 3.63) is 77.2 Å². The fraction of sp³-hybridized carbons (Fsp3) is 0.208. The highest BCUT2D eigenvalue weighted by molar-refractivity contribution is 8.00.